The molecule has 1 aromatic rings. The van der Waals surface area contributed by atoms with Gasteiger partial charge in [-0.25, -0.2) is 8.42 Å². The van der Waals surface area contributed by atoms with E-state index in [9.17, 15) is 13.2 Å². The van der Waals surface area contributed by atoms with Crippen LogP contribution in [0.1, 0.15) is 39.5 Å². The van der Waals surface area contributed by atoms with Gasteiger partial charge in [-0.15, -0.1) is 11.8 Å². The highest BCUT2D eigenvalue weighted by Crippen LogP contribution is 2.31. The van der Waals surface area contributed by atoms with Crippen molar-refractivity contribution in [1.29, 1.82) is 0 Å². The molecule has 5 nitrogen and oxygen atoms in total. The first-order valence-electron chi connectivity index (χ1n) is 8.88. The van der Waals surface area contributed by atoms with Crippen molar-refractivity contribution >= 4 is 27.5 Å². The first-order chi connectivity index (χ1) is 11.9. The SMILES string of the molecule is CCCS(=O)(=O)c1ccccc1SC(C)C(=O)NC1CCCC1CN. The molecule has 1 saturated carbocycles. The predicted octanol–water partition coefficient (Wildman–Crippen LogP) is 2.59. The highest BCUT2D eigenvalue weighted by molar-refractivity contribution is 8.01. The maximum Gasteiger partial charge on any atom is 0.233 e. The summed E-state index contributed by atoms with van der Waals surface area (Å²) < 4.78 is 24.9. The van der Waals surface area contributed by atoms with Gasteiger partial charge in [0.25, 0.3) is 0 Å². The van der Waals surface area contributed by atoms with E-state index in [4.69, 9.17) is 5.73 Å². The third-order valence-electron chi connectivity index (χ3n) is 4.62. The van der Waals surface area contributed by atoms with E-state index in [-0.39, 0.29) is 23.0 Å². The second-order valence-electron chi connectivity index (χ2n) is 6.57. The highest BCUT2D eigenvalue weighted by Gasteiger charge is 2.29. The molecule has 0 spiro atoms. The molecule has 7 heteroatoms. The highest BCUT2D eigenvalue weighted by atomic mass is 32.2. The minimum absolute atomic E-state index is 0.0574. The van der Waals surface area contributed by atoms with E-state index >= 15 is 0 Å². The van der Waals surface area contributed by atoms with Crippen LogP contribution in [-0.4, -0.2) is 37.9 Å². The molecule has 3 atom stereocenters. The number of hydrogen-bond acceptors (Lipinski definition) is 5. The van der Waals surface area contributed by atoms with Gasteiger partial charge in [0, 0.05) is 10.9 Å². The average molecular weight is 385 g/mol. The number of sulfone groups is 1. The van der Waals surface area contributed by atoms with Crippen LogP contribution in [0.3, 0.4) is 0 Å². The minimum Gasteiger partial charge on any atom is -0.352 e. The fourth-order valence-electron chi connectivity index (χ4n) is 3.24. The summed E-state index contributed by atoms with van der Waals surface area (Å²) in [5, 5.41) is 2.73. The molecule has 1 aliphatic carbocycles. The summed E-state index contributed by atoms with van der Waals surface area (Å²) in [7, 11) is -3.32. The molecule has 0 radical (unpaired) electrons. The Labute approximate surface area is 155 Å². The third-order valence-corrected chi connectivity index (χ3v) is 7.90. The second kappa shape index (κ2) is 9.05. The average Bonchev–Trinajstić information content (AvgIpc) is 3.02. The number of carbonyl (C=O) groups is 1. The van der Waals surface area contributed by atoms with Crippen molar-refractivity contribution in [3.05, 3.63) is 24.3 Å². The first-order valence-corrected chi connectivity index (χ1v) is 11.4. The second-order valence-corrected chi connectivity index (χ2v) is 10.0. The van der Waals surface area contributed by atoms with Crippen LogP contribution in [0.25, 0.3) is 0 Å². The van der Waals surface area contributed by atoms with Gasteiger partial charge >= 0.3 is 0 Å². The van der Waals surface area contributed by atoms with Gasteiger partial charge in [-0.3, -0.25) is 4.79 Å². The van der Waals surface area contributed by atoms with Crippen LogP contribution in [0.2, 0.25) is 0 Å². The molecule has 3 N–H and O–H groups in total. The molecule has 0 saturated heterocycles. The fourth-order valence-corrected chi connectivity index (χ4v) is 6.08. The van der Waals surface area contributed by atoms with Crippen LogP contribution in [0.15, 0.2) is 34.1 Å². The van der Waals surface area contributed by atoms with Crippen LogP contribution < -0.4 is 11.1 Å². The van der Waals surface area contributed by atoms with E-state index < -0.39 is 9.84 Å². The summed E-state index contributed by atoms with van der Waals surface area (Å²) in [4.78, 5) is 13.5. The number of benzene rings is 1. The molecule has 1 aliphatic rings. The van der Waals surface area contributed by atoms with E-state index in [1.54, 1.807) is 24.3 Å². The lowest BCUT2D eigenvalue weighted by atomic mass is 10.0. The zero-order valence-corrected chi connectivity index (χ0v) is 16.5. The van der Waals surface area contributed by atoms with Gasteiger partial charge in [0.05, 0.1) is 15.9 Å². The number of nitrogens with two attached hydrogens (primary N) is 1. The van der Waals surface area contributed by atoms with Crippen LogP contribution in [0.4, 0.5) is 0 Å². The molecule has 1 fully saturated rings. The largest absolute Gasteiger partial charge is 0.352 e. The number of amides is 1. The lowest BCUT2D eigenvalue weighted by Gasteiger charge is -2.22. The smallest absolute Gasteiger partial charge is 0.233 e. The maximum atomic E-state index is 12.5. The Morgan fingerprint density at radius 3 is 2.76 bits per heavy atom. The Bertz CT molecular complexity index is 691. The van der Waals surface area contributed by atoms with Gasteiger partial charge in [-0.2, -0.15) is 0 Å². The van der Waals surface area contributed by atoms with Crippen LogP contribution >= 0.6 is 11.8 Å². The van der Waals surface area contributed by atoms with Gasteiger partial charge < -0.3 is 11.1 Å². The lowest BCUT2D eigenvalue weighted by molar-refractivity contribution is -0.121. The van der Waals surface area contributed by atoms with Crippen molar-refractivity contribution in [2.45, 2.75) is 60.6 Å². The van der Waals surface area contributed by atoms with Gasteiger partial charge in [0.1, 0.15) is 0 Å². The monoisotopic (exact) mass is 384 g/mol. The molecule has 1 amide bonds. The summed E-state index contributed by atoms with van der Waals surface area (Å²) in [6.45, 7) is 4.25. The molecule has 2 rings (SSSR count). The molecule has 0 bridgehead atoms. The Hall–Kier alpha value is -1.05. The van der Waals surface area contributed by atoms with Gasteiger partial charge in [-0.05, 0) is 50.8 Å². The molecular formula is C18H28N2O3S2. The number of carbonyl (C=O) groups excluding carboxylic acids is 1. The summed E-state index contributed by atoms with van der Waals surface area (Å²) in [6, 6.07) is 7.06. The number of thioether (sulfide) groups is 1. The molecule has 1 aromatic carbocycles. The van der Waals surface area contributed by atoms with E-state index in [2.05, 4.69) is 5.32 Å². The summed E-state index contributed by atoms with van der Waals surface area (Å²) in [5.41, 5.74) is 5.77. The van der Waals surface area contributed by atoms with Gasteiger partial charge in [-0.1, -0.05) is 25.5 Å². The van der Waals surface area contributed by atoms with E-state index in [0.29, 0.717) is 28.7 Å². The van der Waals surface area contributed by atoms with Crippen molar-refractivity contribution in [2.75, 3.05) is 12.3 Å². The molecule has 0 heterocycles. The standard InChI is InChI=1S/C18H28N2O3S2/c1-3-11-25(22,23)17-10-5-4-9-16(17)24-13(2)18(21)20-15-8-6-7-14(15)12-19/h4-5,9-10,13-15H,3,6-8,11-12,19H2,1-2H3,(H,20,21). The van der Waals surface area contributed by atoms with Crippen molar-refractivity contribution in [3.8, 4) is 0 Å². The van der Waals surface area contributed by atoms with Crippen LogP contribution in [0.5, 0.6) is 0 Å². The molecule has 0 aromatic heterocycles. The van der Waals surface area contributed by atoms with Gasteiger partial charge in [0.2, 0.25) is 5.91 Å². The molecule has 0 aliphatic heterocycles. The predicted molar refractivity (Wildman–Crippen MR) is 102 cm³/mol. The van der Waals surface area contributed by atoms with E-state index in [0.717, 1.165) is 19.3 Å². The molecule has 3 unspecified atom stereocenters. The first kappa shape index (κ1) is 20.3. The normalized spacial score (nSPS) is 21.9. The molecular weight excluding hydrogens is 356 g/mol. The number of rotatable bonds is 8. The summed E-state index contributed by atoms with van der Waals surface area (Å²) >= 11 is 1.30. The van der Waals surface area contributed by atoms with Crippen molar-refractivity contribution in [2.24, 2.45) is 11.7 Å². The maximum absolute atomic E-state index is 12.5. The Balaban J connectivity index is 2.08. The Morgan fingerprint density at radius 2 is 2.08 bits per heavy atom. The Morgan fingerprint density at radius 1 is 1.36 bits per heavy atom. The van der Waals surface area contributed by atoms with E-state index in [1.165, 1.54) is 11.8 Å². The zero-order valence-electron chi connectivity index (χ0n) is 14.9. The minimum atomic E-state index is -3.32. The fraction of sp³-hybridized carbons (Fsp3) is 0.611. The van der Waals surface area contributed by atoms with E-state index in [1.807, 2.05) is 13.8 Å². The summed E-state index contributed by atoms with van der Waals surface area (Å²) in [5.74, 6) is 0.405. The topological polar surface area (TPSA) is 89.3 Å². The van der Waals surface area contributed by atoms with Crippen LogP contribution in [-0.2, 0) is 14.6 Å². The van der Waals surface area contributed by atoms with Crippen molar-refractivity contribution in [3.63, 3.8) is 0 Å². The molecule has 140 valence electrons. The summed E-state index contributed by atoms with van der Waals surface area (Å²) in [6.07, 6.45) is 3.68. The number of hydrogen-bond donors (Lipinski definition) is 2. The van der Waals surface area contributed by atoms with Gasteiger partial charge in [0.15, 0.2) is 9.84 Å². The molecule has 25 heavy (non-hydrogen) atoms. The van der Waals surface area contributed by atoms with Crippen LogP contribution in [0, 0.1) is 5.92 Å². The number of nitrogens with one attached hydrogen (secondary N) is 1. The van der Waals surface area contributed by atoms with Crippen molar-refractivity contribution in [1.82, 2.24) is 5.32 Å². The lowest BCUT2D eigenvalue weighted by Crippen LogP contribution is -2.43. The Kier molecular flexibility index (Phi) is 7.34. The zero-order chi connectivity index (χ0) is 18.4. The third kappa shape index (κ3) is 5.21. The van der Waals surface area contributed by atoms with Crippen molar-refractivity contribution < 1.29 is 13.2 Å². The quantitative estimate of drug-likeness (QED) is 0.673.